The maximum Gasteiger partial charge on any atom is 0.306 e. The first-order valence-corrected chi connectivity index (χ1v) is 11.7. The highest BCUT2D eigenvalue weighted by Crippen LogP contribution is 2.48. The second kappa shape index (κ2) is 8.53. The maximum atomic E-state index is 13.2. The molecular weight excluding hydrogens is 418 g/mol. The molecule has 0 saturated carbocycles. The predicted molar refractivity (Wildman–Crippen MR) is 115 cm³/mol. The molecule has 1 aromatic rings. The lowest BCUT2D eigenvalue weighted by molar-refractivity contribution is -0.146. The monoisotopic (exact) mass is 445 g/mol. The van der Waals surface area contributed by atoms with Gasteiger partial charge in [0.1, 0.15) is 17.5 Å². The molecule has 0 radical (unpaired) electrons. The zero-order chi connectivity index (χ0) is 22.3. The summed E-state index contributed by atoms with van der Waals surface area (Å²) in [4.78, 5) is 53.6. The van der Waals surface area contributed by atoms with Crippen LogP contribution in [0.3, 0.4) is 0 Å². The van der Waals surface area contributed by atoms with Crippen LogP contribution >= 0.6 is 11.8 Å². The van der Waals surface area contributed by atoms with Gasteiger partial charge in [-0.05, 0) is 30.4 Å². The number of nitrogens with zero attached hydrogens (tertiary/aromatic N) is 2. The van der Waals surface area contributed by atoms with Gasteiger partial charge in [-0.1, -0.05) is 32.0 Å². The topological polar surface area (TPSA) is 107 Å². The van der Waals surface area contributed by atoms with Crippen molar-refractivity contribution in [2.45, 2.75) is 44.1 Å². The Morgan fingerprint density at radius 2 is 1.84 bits per heavy atom. The Labute approximate surface area is 185 Å². The molecule has 0 aliphatic carbocycles. The van der Waals surface area contributed by atoms with Gasteiger partial charge >= 0.3 is 5.97 Å². The number of rotatable bonds is 5. The smallest absolute Gasteiger partial charge is 0.306 e. The predicted octanol–water partition coefficient (Wildman–Crippen LogP) is 1.72. The molecule has 3 aliphatic rings. The summed E-state index contributed by atoms with van der Waals surface area (Å²) in [6.07, 6.45) is 0.836. The van der Waals surface area contributed by atoms with Gasteiger partial charge in [-0.2, -0.15) is 0 Å². The zero-order valence-corrected chi connectivity index (χ0v) is 18.4. The average Bonchev–Trinajstić information content (AvgIpc) is 3.31. The number of hydrogen-bond acceptors (Lipinski definition) is 5. The number of carboxylic acids is 1. The van der Waals surface area contributed by atoms with Gasteiger partial charge in [0.15, 0.2) is 0 Å². The molecule has 9 heteroatoms. The van der Waals surface area contributed by atoms with Crippen LogP contribution in [0.25, 0.3) is 0 Å². The van der Waals surface area contributed by atoms with Crippen LogP contribution in [0.4, 0.5) is 0 Å². The van der Waals surface area contributed by atoms with Crippen LogP contribution in [-0.2, 0) is 14.4 Å². The van der Waals surface area contributed by atoms with Gasteiger partial charge in [-0.25, -0.2) is 0 Å². The SMILES string of the molecule is CC(C)C(NC(=O)C1CSC2c3ccccc3C(=O)N12)C(=O)N1CCC(C(=O)O)CC1. The van der Waals surface area contributed by atoms with Gasteiger partial charge in [0.25, 0.3) is 5.91 Å². The van der Waals surface area contributed by atoms with E-state index in [0.29, 0.717) is 37.2 Å². The van der Waals surface area contributed by atoms with Gasteiger partial charge in [0, 0.05) is 24.4 Å². The zero-order valence-electron chi connectivity index (χ0n) is 17.6. The lowest BCUT2D eigenvalue weighted by atomic mass is 9.95. The molecule has 3 heterocycles. The minimum Gasteiger partial charge on any atom is -0.481 e. The van der Waals surface area contributed by atoms with Crippen LogP contribution < -0.4 is 5.32 Å². The van der Waals surface area contributed by atoms with Crippen molar-refractivity contribution in [2.75, 3.05) is 18.8 Å². The number of carboxylic acid groups (broad SMARTS) is 1. The highest BCUT2D eigenvalue weighted by Gasteiger charge is 2.49. The number of carbonyl (C=O) groups is 4. The standard InChI is InChI=1S/C22H27N3O5S/c1-12(2)17(20(28)24-9-7-13(8-10-24)22(29)30)23-18(26)16-11-31-21-15-6-4-3-5-14(15)19(27)25(16)21/h3-6,12-13,16-17,21H,7-11H2,1-2H3,(H,23,26)(H,29,30). The summed E-state index contributed by atoms with van der Waals surface area (Å²) in [5, 5.41) is 11.9. The summed E-state index contributed by atoms with van der Waals surface area (Å²) >= 11 is 1.56. The molecule has 2 N–H and O–H groups in total. The van der Waals surface area contributed by atoms with Crippen LogP contribution in [0.5, 0.6) is 0 Å². The van der Waals surface area contributed by atoms with Crippen molar-refractivity contribution in [2.24, 2.45) is 11.8 Å². The minimum absolute atomic E-state index is 0.134. The molecule has 8 nitrogen and oxygen atoms in total. The largest absolute Gasteiger partial charge is 0.481 e. The van der Waals surface area contributed by atoms with E-state index in [-0.39, 0.29) is 29.0 Å². The molecule has 1 aromatic carbocycles. The molecule has 31 heavy (non-hydrogen) atoms. The van der Waals surface area contributed by atoms with Crippen LogP contribution in [0, 0.1) is 11.8 Å². The lowest BCUT2D eigenvalue weighted by Gasteiger charge is -2.35. The second-order valence-electron chi connectivity index (χ2n) is 8.67. The number of amides is 3. The third-order valence-corrected chi connectivity index (χ3v) is 7.69. The first-order valence-electron chi connectivity index (χ1n) is 10.6. The molecule has 0 aromatic heterocycles. The van der Waals surface area contributed by atoms with E-state index in [9.17, 15) is 19.2 Å². The Morgan fingerprint density at radius 3 is 2.48 bits per heavy atom. The molecule has 3 atom stereocenters. The van der Waals surface area contributed by atoms with Crippen molar-refractivity contribution in [3.63, 3.8) is 0 Å². The number of hydrogen-bond donors (Lipinski definition) is 2. The summed E-state index contributed by atoms with van der Waals surface area (Å²) < 4.78 is 0. The van der Waals surface area contributed by atoms with Crippen LogP contribution in [0.15, 0.2) is 24.3 Å². The van der Waals surface area contributed by atoms with Crippen molar-refractivity contribution in [3.05, 3.63) is 35.4 Å². The number of carbonyl (C=O) groups excluding carboxylic acids is 3. The molecule has 166 valence electrons. The van der Waals surface area contributed by atoms with Gasteiger partial charge < -0.3 is 20.2 Å². The fourth-order valence-electron chi connectivity index (χ4n) is 4.55. The van der Waals surface area contributed by atoms with E-state index >= 15 is 0 Å². The average molecular weight is 446 g/mol. The van der Waals surface area contributed by atoms with Crippen molar-refractivity contribution in [1.29, 1.82) is 0 Å². The van der Waals surface area contributed by atoms with Gasteiger partial charge in [0.2, 0.25) is 11.8 Å². The van der Waals surface area contributed by atoms with E-state index < -0.39 is 24.0 Å². The summed E-state index contributed by atoms with van der Waals surface area (Å²) in [6.45, 7) is 4.48. The molecule has 0 bridgehead atoms. The van der Waals surface area contributed by atoms with E-state index in [2.05, 4.69) is 5.32 Å². The summed E-state index contributed by atoms with van der Waals surface area (Å²) in [5.74, 6) is -1.55. The molecule has 3 aliphatic heterocycles. The molecule has 4 rings (SSSR count). The minimum atomic E-state index is -0.828. The van der Waals surface area contributed by atoms with Crippen molar-refractivity contribution >= 4 is 35.5 Å². The molecular formula is C22H27N3O5S. The van der Waals surface area contributed by atoms with Crippen LogP contribution in [0.1, 0.15) is 48.0 Å². The first-order chi connectivity index (χ1) is 14.8. The highest BCUT2D eigenvalue weighted by molar-refractivity contribution is 7.99. The third-order valence-electron chi connectivity index (χ3n) is 6.38. The van der Waals surface area contributed by atoms with Gasteiger partial charge in [-0.15, -0.1) is 11.8 Å². The Hall–Kier alpha value is -2.55. The summed E-state index contributed by atoms with van der Waals surface area (Å²) in [5.41, 5.74) is 1.57. The fourth-order valence-corrected chi connectivity index (χ4v) is 6.01. The second-order valence-corrected chi connectivity index (χ2v) is 9.78. The van der Waals surface area contributed by atoms with E-state index in [4.69, 9.17) is 5.11 Å². The summed E-state index contributed by atoms with van der Waals surface area (Å²) in [6, 6.07) is 6.09. The van der Waals surface area contributed by atoms with Crippen LogP contribution in [0.2, 0.25) is 0 Å². The van der Waals surface area contributed by atoms with E-state index in [1.165, 1.54) is 0 Å². The number of nitrogens with one attached hydrogen (secondary N) is 1. The fraction of sp³-hybridized carbons (Fsp3) is 0.545. The lowest BCUT2D eigenvalue weighted by Crippen LogP contribution is -2.57. The molecule has 0 spiro atoms. The number of thioether (sulfide) groups is 1. The van der Waals surface area contributed by atoms with Gasteiger partial charge in [-0.3, -0.25) is 19.2 Å². The molecule has 2 fully saturated rings. The molecule has 2 saturated heterocycles. The van der Waals surface area contributed by atoms with Gasteiger partial charge in [0.05, 0.1) is 5.92 Å². The Kier molecular flexibility index (Phi) is 5.96. The molecule has 3 amide bonds. The van der Waals surface area contributed by atoms with E-state index in [1.54, 1.807) is 27.6 Å². The normalized spacial score (nSPS) is 24.2. The Balaban J connectivity index is 1.44. The Bertz CT molecular complexity index is 912. The highest BCUT2D eigenvalue weighted by atomic mass is 32.2. The maximum absolute atomic E-state index is 13.2. The van der Waals surface area contributed by atoms with E-state index in [1.807, 2.05) is 32.0 Å². The van der Waals surface area contributed by atoms with Crippen molar-refractivity contribution in [1.82, 2.24) is 15.1 Å². The number of aliphatic carboxylic acids is 1. The summed E-state index contributed by atoms with van der Waals surface area (Å²) in [7, 11) is 0. The number of benzene rings is 1. The van der Waals surface area contributed by atoms with Crippen LogP contribution in [-0.4, -0.2) is 69.5 Å². The number of fused-ring (bicyclic) bond motifs is 3. The van der Waals surface area contributed by atoms with Crippen molar-refractivity contribution in [3.8, 4) is 0 Å². The first kappa shape index (κ1) is 21.7. The quantitative estimate of drug-likeness (QED) is 0.715. The van der Waals surface area contributed by atoms with Crippen molar-refractivity contribution < 1.29 is 24.3 Å². The third kappa shape index (κ3) is 3.91. The number of likely N-dealkylation sites (tertiary alicyclic amines) is 1. The van der Waals surface area contributed by atoms with E-state index in [0.717, 1.165) is 5.56 Å². The number of piperidine rings is 1. The molecule has 3 unspecified atom stereocenters. The Morgan fingerprint density at radius 1 is 1.16 bits per heavy atom.